The molecule has 3 N–H and O–H groups in total. The maximum Gasteiger partial charge on any atom is 0.265 e. The van der Waals surface area contributed by atoms with Crippen molar-refractivity contribution >= 4 is 17.5 Å². The van der Waals surface area contributed by atoms with Crippen molar-refractivity contribution in [2.24, 2.45) is 5.73 Å². The largest absolute Gasteiger partial charge is 0.478 e. The average Bonchev–Trinajstić information content (AvgIpc) is 2.66. The van der Waals surface area contributed by atoms with E-state index >= 15 is 0 Å². The van der Waals surface area contributed by atoms with Crippen LogP contribution in [0.25, 0.3) is 0 Å². The summed E-state index contributed by atoms with van der Waals surface area (Å²) in [5, 5.41) is 2.77. The first-order valence-electron chi connectivity index (χ1n) is 8.74. The molecule has 2 amide bonds. The molecule has 0 spiro atoms. The Labute approximate surface area is 152 Å². The summed E-state index contributed by atoms with van der Waals surface area (Å²) < 4.78 is 5.70. The Balaban J connectivity index is 1.81. The van der Waals surface area contributed by atoms with E-state index in [-0.39, 0.29) is 11.8 Å². The number of amides is 2. The number of benzene rings is 2. The fourth-order valence-electron chi connectivity index (χ4n) is 2.95. The van der Waals surface area contributed by atoms with Crippen molar-refractivity contribution in [3.8, 4) is 5.75 Å². The van der Waals surface area contributed by atoms with Crippen LogP contribution in [0.3, 0.4) is 0 Å². The third kappa shape index (κ3) is 3.86. The van der Waals surface area contributed by atoms with Gasteiger partial charge < -0.3 is 20.7 Å². The summed E-state index contributed by atoms with van der Waals surface area (Å²) in [5.74, 6) is 0.0582. The minimum Gasteiger partial charge on any atom is -0.478 e. The molecule has 1 aliphatic heterocycles. The van der Waals surface area contributed by atoms with Crippen LogP contribution in [0.2, 0.25) is 0 Å². The molecule has 0 fully saturated rings. The minimum absolute atomic E-state index is 0.147. The molecule has 2 aromatic carbocycles. The molecule has 136 valence electrons. The Kier molecular flexibility index (Phi) is 5.53. The van der Waals surface area contributed by atoms with Crippen LogP contribution in [0.1, 0.15) is 22.8 Å². The van der Waals surface area contributed by atoms with E-state index in [1.165, 1.54) is 0 Å². The number of carbonyl (C=O) groups excluding carboxylic acids is 2. The Morgan fingerprint density at radius 1 is 1.15 bits per heavy atom. The number of nitrogens with two attached hydrogens (primary N) is 1. The van der Waals surface area contributed by atoms with Crippen molar-refractivity contribution in [2.45, 2.75) is 19.4 Å². The van der Waals surface area contributed by atoms with Gasteiger partial charge in [0.2, 0.25) is 0 Å². The van der Waals surface area contributed by atoms with E-state index in [4.69, 9.17) is 10.5 Å². The molecule has 1 unspecified atom stereocenters. The molecule has 3 rings (SSSR count). The first kappa shape index (κ1) is 17.9. The second kappa shape index (κ2) is 8.01. The molecular formula is C20H23N3O3. The van der Waals surface area contributed by atoms with Gasteiger partial charge in [-0.25, -0.2) is 0 Å². The van der Waals surface area contributed by atoms with Gasteiger partial charge in [0, 0.05) is 19.6 Å². The van der Waals surface area contributed by atoms with Crippen molar-refractivity contribution in [1.82, 2.24) is 4.90 Å². The highest BCUT2D eigenvalue weighted by Gasteiger charge is 2.29. The summed E-state index contributed by atoms with van der Waals surface area (Å²) in [4.78, 5) is 26.6. The highest BCUT2D eigenvalue weighted by atomic mass is 16.5. The fraction of sp³-hybridized carbons (Fsp3) is 0.300. The van der Waals surface area contributed by atoms with Gasteiger partial charge in [-0.1, -0.05) is 36.4 Å². The Morgan fingerprint density at radius 3 is 2.65 bits per heavy atom. The molecule has 1 aliphatic rings. The van der Waals surface area contributed by atoms with Crippen LogP contribution in [0.15, 0.2) is 48.5 Å². The molecule has 1 atom stereocenters. The van der Waals surface area contributed by atoms with E-state index in [9.17, 15) is 9.59 Å². The molecule has 1 heterocycles. The molecule has 0 saturated heterocycles. The lowest BCUT2D eigenvalue weighted by molar-refractivity contribution is -0.122. The van der Waals surface area contributed by atoms with Gasteiger partial charge in [-0.3, -0.25) is 9.59 Å². The van der Waals surface area contributed by atoms with E-state index in [1.807, 2.05) is 30.3 Å². The van der Waals surface area contributed by atoms with Crippen LogP contribution >= 0.6 is 0 Å². The SMILES string of the molecule is CC1Oc2c(cccc2C(=O)N(CCN)CCc2ccccc2)NC1=O. The van der Waals surface area contributed by atoms with Gasteiger partial charge in [0.05, 0.1) is 11.3 Å². The molecule has 6 heteroatoms. The summed E-state index contributed by atoms with van der Waals surface area (Å²) in [6, 6.07) is 15.2. The first-order chi connectivity index (χ1) is 12.6. The van der Waals surface area contributed by atoms with E-state index in [1.54, 1.807) is 30.0 Å². The molecule has 0 aromatic heterocycles. The number of hydrogen-bond acceptors (Lipinski definition) is 4. The Morgan fingerprint density at radius 2 is 1.92 bits per heavy atom. The second-order valence-electron chi connectivity index (χ2n) is 6.25. The van der Waals surface area contributed by atoms with Gasteiger partial charge in [-0.15, -0.1) is 0 Å². The summed E-state index contributed by atoms with van der Waals surface area (Å²) in [6.07, 6.45) is 0.110. The number of fused-ring (bicyclic) bond motifs is 1. The summed E-state index contributed by atoms with van der Waals surface area (Å²) in [5.41, 5.74) is 7.84. The molecular weight excluding hydrogens is 330 g/mol. The van der Waals surface area contributed by atoms with Crippen molar-refractivity contribution in [3.05, 3.63) is 59.7 Å². The highest BCUT2D eigenvalue weighted by molar-refractivity contribution is 6.04. The monoisotopic (exact) mass is 353 g/mol. The zero-order valence-electron chi connectivity index (χ0n) is 14.8. The van der Waals surface area contributed by atoms with Crippen molar-refractivity contribution in [3.63, 3.8) is 0 Å². The van der Waals surface area contributed by atoms with Gasteiger partial charge in [0.1, 0.15) is 0 Å². The van der Waals surface area contributed by atoms with Crippen LogP contribution in [0.4, 0.5) is 5.69 Å². The predicted molar refractivity (Wildman–Crippen MR) is 100 cm³/mol. The number of carbonyl (C=O) groups is 2. The third-order valence-corrected chi connectivity index (χ3v) is 4.37. The first-order valence-corrected chi connectivity index (χ1v) is 8.74. The van der Waals surface area contributed by atoms with Gasteiger partial charge in [0.25, 0.3) is 11.8 Å². The zero-order valence-corrected chi connectivity index (χ0v) is 14.8. The maximum atomic E-state index is 13.1. The molecule has 26 heavy (non-hydrogen) atoms. The van der Waals surface area contributed by atoms with Crippen molar-refractivity contribution in [2.75, 3.05) is 25.0 Å². The number of para-hydroxylation sites is 1. The smallest absolute Gasteiger partial charge is 0.265 e. The number of anilines is 1. The standard InChI is InChI=1S/C20H23N3O3/c1-14-19(24)22-17-9-5-8-16(18(17)26-14)20(25)23(13-11-21)12-10-15-6-3-2-4-7-15/h2-9,14H,10-13,21H2,1H3,(H,22,24). The molecule has 0 bridgehead atoms. The van der Waals surface area contributed by atoms with Gasteiger partial charge in [0.15, 0.2) is 11.9 Å². The van der Waals surface area contributed by atoms with Crippen LogP contribution < -0.4 is 15.8 Å². The van der Waals surface area contributed by atoms with Crippen LogP contribution in [-0.2, 0) is 11.2 Å². The number of nitrogens with one attached hydrogen (secondary N) is 1. The molecule has 2 aromatic rings. The second-order valence-corrected chi connectivity index (χ2v) is 6.25. The predicted octanol–water partition coefficient (Wildman–Crippen LogP) is 2.05. The lowest BCUT2D eigenvalue weighted by Gasteiger charge is -2.28. The van der Waals surface area contributed by atoms with Crippen LogP contribution in [-0.4, -0.2) is 42.5 Å². The quantitative estimate of drug-likeness (QED) is 0.832. The minimum atomic E-state index is -0.635. The Hall–Kier alpha value is -2.86. The molecule has 6 nitrogen and oxygen atoms in total. The number of hydrogen-bond donors (Lipinski definition) is 2. The number of rotatable bonds is 6. The van der Waals surface area contributed by atoms with Gasteiger partial charge in [-0.2, -0.15) is 0 Å². The topological polar surface area (TPSA) is 84.7 Å². The summed E-state index contributed by atoms with van der Waals surface area (Å²) in [6.45, 7) is 3.05. The summed E-state index contributed by atoms with van der Waals surface area (Å²) in [7, 11) is 0. The average molecular weight is 353 g/mol. The van der Waals surface area contributed by atoms with Crippen LogP contribution in [0.5, 0.6) is 5.75 Å². The number of ether oxygens (including phenoxy) is 1. The van der Waals surface area contributed by atoms with E-state index in [2.05, 4.69) is 5.32 Å². The van der Waals surface area contributed by atoms with Gasteiger partial charge in [-0.05, 0) is 31.0 Å². The lowest BCUT2D eigenvalue weighted by Crippen LogP contribution is -2.39. The molecule has 0 radical (unpaired) electrons. The van der Waals surface area contributed by atoms with Crippen molar-refractivity contribution < 1.29 is 14.3 Å². The van der Waals surface area contributed by atoms with E-state index in [0.29, 0.717) is 36.6 Å². The van der Waals surface area contributed by atoms with Crippen LogP contribution in [0, 0.1) is 0 Å². The Bertz CT molecular complexity index is 792. The maximum absolute atomic E-state index is 13.1. The zero-order chi connectivity index (χ0) is 18.5. The van der Waals surface area contributed by atoms with E-state index in [0.717, 1.165) is 12.0 Å². The summed E-state index contributed by atoms with van der Waals surface area (Å²) >= 11 is 0. The normalized spacial score (nSPS) is 15.6. The van der Waals surface area contributed by atoms with E-state index < -0.39 is 6.10 Å². The third-order valence-electron chi connectivity index (χ3n) is 4.37. The van der Waals surface area contributed by atoms with Crippen molar-refractivity contribution in [1.29, 1.82) is 0 Å². The fourth-order valence-corrected chi connectivity index (χ4v) is 2.95. The molecule has 0 saturated carbocycles. The highest BCUT2D eigenvalue weighted by Crippen LogP contribution is 2.34. The van der Waals surface area contributed by atoms with Gasteiger partial charge >= 0.3 is 0 Å². The molecule has 0 aliphatic carbocycles. The lowest BCUT2D eigenvalue weighted by atomic mass is 10.1. The number of nitrogens with zero attached hydrogens (tertiary/aromatic N) is 1.